The number of nitrogens with zero attached hydrogens (tertiary/aromatic N) is 1. The maximum atomic E-state index is 7.00. The van der Waals surface area contributed by atoms with E-state index in [2.05, 4.69) is 42.2 Å². The Labute approximate surface area is 111 Å². The highest BCUT2D eigenvalue weighted by Gasteiger charge is 2.10. The first-order valence-corrected chi connectivity index (χ1v) is 6.52. The molecule has 2 aromatic heterocycles. The normalized spacial score (nSPS) is 9.94. The fourth-order valence-corrected chi connectivity index (χ4v) is 3.07. The summed E-state index contributed by atoms with van der Waals surface area (Å²) in [5.41, 5.74) is 2.35. The average molecular weight is 257 g/mol. The van der Waals surface area contributed by atoms with Crippen LogP contribution in [0.2, 0.25) is 0 Å². The fraction of sp³-hybridized carbons (Fsp3) is 0.133. The van der Waals surface area contributed by atoms with Gasteiger partial charge in [-0.1, -0.05) is 24.3 Å². The Morgan fingerprint density at radius 2 is 1.72 bits per heavy atom. The Bertz CT molecular complexity index is 631. The lowest BCUT2D eigenvalue weighted by atomic mass is 10.1. The Balaban J connectivity index is 0.000000574. The van der Waals surface area contributed by atoms with Gasteiger partial charge in [-0.2, -0.15) is 0 Å². The van der Waals surface area contributed by atoms with Crippen LogP contribution in [-0.4, -0.2) is 17.2 Å². The lowest BCUT2D eigenvalue weighted by molar-refractivity contribution is 0.399. The van der Waals surface area contributed by atoms with Crippen molar-refractivity contribution < 1.29 is 5.11 Å². The summed E-state index contributed by atoms with van der Waals surface area (Å²) in [5, 5.41) is 8.31. The molecule has 0 aliphatic rings. The Kier molecular flexibility index (Phi) is 4.07. The summed E-state index contributed by atoms with van der Waals surface area (Å²) in [4.78, 5) is 5.77. The molecule has 18 heavy (non-hydrogen) atoms. The van der Waals surface area contributed by atoms with Gasteiger partial charge in [0.25, 0.3) is 0 Å². The molecule has 0 atom stereocenters. The number of fused-ring (bicyclic) bond motifs is 1. The van der Waals surface area contributed by atoms with Crippen LogP contribution in [0.5, 0.6) is 0 Å². The topological polar surface area (TPSA) is 33.1 Å². The quantitative estimate of drug-likeness (QED) is 0.717. The van der Waals surface area contributed by atoms with Crippen molar-refractivity contribution in [1.29, 1.82) is 0 Å². The average Bonchev–Trinajstić information content (AvgIpc) is 2.78. The van der Waals surface area contributed by atoms with E-state index in [1.807, 2.05) is 29.7 Å². The van der Waals surface area contributed by atoms with Gasteiger partial charge in [-0.15, -0.1) is 11.3 Å². The van der Waals surface area contributed by atoms with Crippen molar-refractivity contribution in [2.75, 3.05) is 7.11 Å². The molecule has 0 fully saturated rings. The molecule has 2 heterocycles. The van der Waals surface area contributed by atoms with E-state index in [1.54, 1.807) is 0 Å². The molecular weight excluding hydrogens is 242 g/mol. The number of benzene rings is 1. The molecule has 0 bridgehead atoms. The molecule has 2 nitrogen and oxygen atoms in total. The van der Waals surface area contributed by atoms with E-state index >= 15 is 0 Å². The first-order valence-electron chi connectivity index (χ1n) is 5.70. The molecule has 0 unspecified atom stereocenters. The monoisotopic (exact) mass is 257 g/mol. The van der Waals surface area contributed by atoms with Crippen LogP contribution < -0.4 is 0 Å². The molecule has 1 N–H and O–H groups in total. The third-order valence-electron chi connectivity index (χ3n) is 2.69. The van der Waals surface area contributed by atoms with Gasteiger partial charge in [0.05, 0.1) is 5.69 Å². The largest absolute Gasteiger partial charge is 0.400 e. The number of aliphatic hydroxyl groups is 1. The summed E-state index contributed by atoms with van der Waals surface area (Å²) in [6.07, 6.45) is 1.85. The molecule has 0 amide bonds. The number of hydrogen-bond donors (Lipinski definition) is 1. The van der Waals surface area contributed by atoms with Gasteiger partial charge in [-0.25, -0.2) is 0 Å². The van der Waals surface area contributed by atoms with Crippen molar-refractivity contribution in [3.05, 3.63) is 53.5 Å². The summed E-state index contributed by atoms with van der Waals surface area (Å²) in [7, 11) is 1.00. The highest BCUT2D eigenvalue weighted by Crippen LogP contribution is 2.36. The van der Waals surface area contributed by atoms with Crippen molar-refractivity contribution in [1.82, 2.24) is 4.98 Å². The summed E-state index contributed by atoms with van der Waals surface area (Å²) in [5.74, 6) is 0. The number of aromatic nitrogens is 1. The summed E-state index contributed by atoms with van der Waals surface area (Å²) in [6, 6.07) is 14.6. The van der Waals surface area contributed by atoms with Gasteiger partial charge in [0.2, 0.25) is 0 Å². The van der Waals surface area contributed by atoms with Gasteiger partial charge in [0.15, 0.2) is 0 Å². The molecule has 3 heteroatoms. The van der Waals surface area contributed by atoms with E-state index < -0.39 is 0 Å². The maximum absolute atomic E-state index is 7.00. The highest BCUT2D eigenvalue weighted by atomic mass is 32.1. The second-order valence-electron chi connectivity index (χ2n) is 3.74. The van der Waals surface area contributed by atoms with Gasteiger partial charge in [0.1, 0.15) is 0 Å². The van der Waals surface area contributed by atoms with Crippen molar-refractivity contribution in [2.24, 2.45) is 0 Å². The SMILES string of the molecule is CO.Cc1sc2ccccc2c1-c1ccccn1. The minimum atomic E-state index is 1.00. The van der Waals surface area contributed by atoms with Gasteiger partial charge in [-0.05, 0) is 25.1 Å². The molecule has 3 aromatic rings. The molecule has 92 valence electrons. The Hall–Kier alpha value is -1.71. The van der Waals surface area contributed by atoms with Gasteiger partial charge in [-0.3, -0.25) is 4.98 Å². The second kappa shape index (κ2) is 5.76. The predicted molar refractivity (Wildman–Crippen MR) is 77.9 cm³/mol. The Morgan fingerprint density at radius 1 is 1.00 bits per heavy atom. The van der Waals surface area contributed by atoms with E-state index in [0.717, 1.165) is 12.8 Å². The van der Waals surface area contributed by atoms with Crippen LogP contribution in [-0.2, 0) is 0 Å². The van der Waals surface area contributed by atoms with Gasteiger partial charge >= 0.3 is 0 Å². The zero-order chi connectivity index (χ0) is 13.0. The molecule has 0 saturated heterocycles. The van der Waals surface area contributed by atoms with E-state index in [9.17, 15) is 0 Å². The van der Waals surface area contributed by atoms with E-state index in [0.29, 0.717) is 0 Å². The number of aliphatic hydroxyl groups excluding tert-OH is 1. The van der Waals surface area contributed by atoms with Crippen molar-refractivity contribution in [2.45, 2.75) is 6.92 Å². The lowest BCUT2D eigenvalue weighted by Gasteiger charge is -1.99. The maximum Gasteiger partial charge on any atom is 0.0719 e. The zero-order valence-corrected chi connectivity index (χ0v) is 11.2. The van der Waals surface area contributed by atoms with Crippen LogP contribution in [0.1, 0.15) is 4.88 Å². The number of aryl methyl sites for hydroxylation is 1. The highest BCUT2D eigenvalue weighted by molar-refractivity contribution is 7.19. The molecule has 3 rings (SSSR count). The molecule has 0 saturated carbocycles. The van der Waals surface area contributed by atoms with E-state index in [4.69, 9.17) is 5.11 Å². The second-order valence-corrected chi connectivity index (χ2v) is 5.00. The number of thiophene rings is 1. The van der Waals surface area contributed by atoms with Gasteiger partial charge in [0, 0.05) is 33.8 Å². The molecule has 1 aromatic carbocycles. The van der Waals surface area contributed by atoms with Crippen LogP contribution >= 0.6 is 11.3 Å². The third-order valence-corrected chi connectivity index (χ3v) is 3.78. The third kappa shape index (κ3) is 2.28. The van der Waals surface area contributed by atoms with E-state index in [1.165, 1.54) is 20.5 Å². The first-order chi connectivity index (χ1) is 8.86. The van der Waals surface area contributed by atoms with Gasteiger partial charge < -0.3 is 5.11 Å². The molecule has 0 spiro atoms. The molecular formula is C15H15NOS. The van der Waals surface area contributed by atoms with Crippen molar-refractivity contribution in [3.63, 3.8) is 0 Å². The molecule has 0 radical (unpaired) electrons. The first kappa shape index (κ1) is 12.7. The zero-order valence-electron chi connectivity index (χ0n) is 10.4. The lowest BCUT2D eigenvalue weighted by Crippen LogP contribution is -1.81. The minimum Gasteiger partial charge on any atom is -0.400 e. The van der Waals surface area contributed by atoms with Crippen molar-refractivity contribution >= 4 is 21.4 Å². The number of pyridine rings is 1. The van der Waals surface area contributed by atoms with Crippen molar-refractivity contribution in [3.8, 4) is 11.3 Å². The summed E-state index contributed by atoms with van der Waals surface area (Å²) in [6.45, 7) is 2.16. The number of rotatable bonds is 1. The summed E-state index contributed by atoms with van der Waals surface area (Å²) < 4.78 is 1.33. The van der Waals surface area contributed by atoms with E-state index in [-0.39, 0.29) is 0 Å². The van der Waals surface area contributed by atoms with Crippen LogP contribution in [0, 0.1) is 6.92 Å². The smallest absolute Gasteiger partial charge is 0.0719 e. The van der Waals surface area contributed by atoms with Crippen LogP contribution in [0.4, 0.5) is 0 Å². The van der Waals surface area contributed by atoms with Crippen LogP contribution in [0.25, 0.3) is 21.3 Å². The minimum absolute atomic E-state index is 1.00. The fourth-order valence-electron chi connectivity index (χ4n) is 2.00. The predicted octanol–water partition coefficient (Wildman–Crippen LogP) is 3.88. The standard InChI is InChI=1S/C14H11NS.CH4O/c1-10-14(12-7-4-5-9-15-12)11-6-2-3-8-13(11)16-10;1-2/h2-9H,1H3;2H,1H3. The van der Waals surface area contributed by atoms with Crippen LogP contribution in [0.15, 0.2) is 48.7 Å². The summed E-state index contributed by atoms with van der Waals surface area (Å²) >= 11 is 1.83. The molecule has 0 aliphatic carbocycles. The van der Waals surface area contributed by atoms with Crippen LogP contribution in [0.3, 0.4) is 0 Å². The number of hydrogen-bond acceptors (Lipinski definition) is 3. The Morgan fingerprint density at radius 3 is 2.44 bits per heavy atom. The molecule has 0 aliphatic heterocycles.